The van der Waals surface area contributed by atoms with Crippen LogP contribution >= 0.6 is 0 Å². The van der Waals surface area contributed by atoms with Crippen LogP contribution in [0.1, 0.15) is 19.3 Å². The lowest BCUT2D eigenvalue weighted by Gasteiger charge is -1.96. The van der Waals surface area contributed by atoms with Crippen LogP contribution < -0.4 is 5.32 Å². The fourth-order valence-corrected chi connectivity index (χ4v) is 1.40. The molecule has 2 rings (SSSR count). The highest BCUT2D eigenvalue weighted by molar-refractivity contribution is 6.27. The molecule has 0 aromatic rings. The average Bonchev–Trinajstić information content (AvgIpc) is 2.60. The van der Waals surface area contributed by atoms with Crippen molar-refractivity contribution in [3.8, 4) is 0 Å². The Morgan fingerprint density at radius 1 is 1.08 bits per heavy atom. The Balaban J connectivity index is 0.000000133. The summed E-state index contributed by atoms with van der Waals surface area (Å²) in [5.74, 6) is -3.65. The van der Waals surface area contributed by atoms with Crippen molar-refractivity contribution in [1.82, 2.24) is 5.32 Å². The highest BCUT2D eigenvalue weighted by Gasteiger charge is 2.44. The molecule has 5 nitrogen and oxygen atoms in total. The van der Waals surface area contributed by atoms with E-state index in [0.29, 0.717) is 0 Å². The molecule has 0 atom stereocenters. The minimum Gasteiger partial charge on any atom is -0.473 e. The zero-order valence-corrected chi connectivity index (χ0v) is 7.25. The maximum atomic E-state index is 9.10. The monoisotopic (exact) mass is 187 g/mol. The predicted octanol–water partition coefficient (Wildman–Crippen LogP) is -0.0845. The summed E-state index contributed by atoms with van der Waals surface area (Å²) in [7, 11) is 0. The molecule has 0 aromatic carbocycles. The number of carboxylic acid groups (broad SMARTS) is 2. The van der Waals surface area contributed by atoms with Gasteiger partial charge in [-0.1, -0.05) is 0 Å². The molecule has 0 radical (unpaired) electrons. The number of hydrogen-bond donors (Lipinski definition) is 3. The van der Waals surface area contributed by atoms with E-state index in [9.17, 15) is 0 Å². The van der Waals surface area contributed by atoms with Crippen molar-refractivity contribution in [3.05, 3.63) is 0 Å². The molecule has 1 heterocycles. The molecule has 1 aliphatic heterocycles. The van der Waals surface area contributed by atoms with Gasteiger partial charge in [-0.15, -0.1) is 0 Å². The van der Waals surface area contributed by atoms with E-state index < -0.39 is 11.9 Å². The molecule has 74 valence electrons. The molecule has 1 aliphatic carbocycles. The SMILES string of the molecule is C1CC2(CC2)CN1.O=C(O)C(=O)O. The normalized spacial score (nSPS) is 21.8. The predicted molar refractivity (Wildman–Crippen MR) is 44.4 cm³/mol. The summed E-state index contributed by atoms with van der Waals surface area (Å²) in [5.41, 5.74) is 0.833. The first kappa shape index (κ1) is 9.98. The molecule has 3 N–H and O–H groups in total. The van der Waals surface area contributed by atoms with Crippen LogP contribution in [0.3, 0.4) is 0 Å². The first-order chi connectivity index (χ1) is 6.06. The quantitative estimate of drug-likeness (QED) is 0.461. The molecular weight excluding hydrogens is 174 g/mol. The maximum Gasteiger partial charge on any atom is 0.414 e. The van der Waals surface area contributed by atoms with Gasteiger partial charge in [0.25, 0.3) is 0 Å². The Labute approximate surface area is 75.7 Å². The van der Waals surface area contributed by atoms with Gasteiger partial charge in [0.15, 0.2) is 0 Å². The second-order valence-electron chi connectivity index (χ2n) is 3.54. The fraction of sp³-hybridized carbons (Fsp3) is 0.750. The summed E-state index contributed by atoms with van der Waals surface area (Å²) in [5, 5.41) is 18.2. The lowest BCUT2D eigenvalue weighted by atomic mass is 10.1. The highest BCUT2D eigenvalue weighted by atomic mass is 16.4. The van der Waals surface area contributed by atoms with Crippen LogP contribution in [0.2, 0.25) is 0 Å². The Kier molecular flexibility index (Phi) is 2.87. The number of aliphatic carboxylic acids is 2. The molecule has 0 bridgehead atoms. The Morgan fingerprint density at radius 3 is 1.77 bits per heavy atom. The topological polar surface area (TPSA) is 86.6 Å². The minimum atomic E-state index is -1.82. The van der Waals surface area contributed by atoms with Crippen molar-refractivity contribution in [3.63, 3.8) is 0 Å². The van der Waals surface area contributed by atoms with E-state index >= 15 is 0 Å². The smallest absolute Gasteiger partial charge is 0.414 e. The first-order valence-electron chi connectivity index (χ1n) is 4.23. The standard InChI is InChI=1S/C6H11N.C2H2O4/c1-2-6(1)3-4-7-5-6;3-1(4)2(5)6/h7H,1-5H2;(H,3,4)(H,5,6). The third-order valence-electron chi connectivity index (χ3n) is 2.47. The van der Waals surface area contributed by atoms with Gasteiger partial charge in [0.05, 0.1) is 0 Å². The molecule has 1 spiro atoms. The largest absolute Gasteiger partial charge is 0.473 e. The molecule has 13 heavy (non-hydrogen) atoms. The van der Waals surface area contributed by atoms with Gasteiger partial charge >= 0.3 is 11.9 Å². The van der Waals surface area contributed by atoms with Gasteiger partial charge in [-0.25, -0.2) is 9.59 Å². The number of carbonyl (C=O) groups is 2. The Morgan fingerprint density at radius 2 is 1.62 bits per heavy atom. The van der Waals surface area contributed by atoms with Crippen molar-refractivity contribution in [2.75, 3.05) is 13.1 Å². The average molecular weight is 187 g/mol. The molecular formula is C8H13NO4. The van der Waals surface area contributed by atoms with Gasteiger partial charge in [0.2, 0.25) is 0 Å². The van der Waals surface area contributed by atoms with Crippen molar-refractivity contribution >= 4 is 11.9 Å². The van der Waals surface area contributed by atoms with E-state index in [-0.39, 0.29) is 0 Å². The lowest BCUT2D eigenvalue weighted by Crippen LogP contribution is -2.09. The summed E-state index contributed by atoms with van der Waals surface area (Å²) >= 11 is 0. The molecule has 5 heteroatoms. The summed E-state index contributed by atoms with van der Waals surface area (Å²) in [6.07, 6.45) is 4.45. The van der Waals surface area contributed by atoms with E-state index in [4.69, 9.17) is 19.8 Å². The van der Waals surface area contributed by atoms with Gasteiger partial charge < -0.3 is 15.5 Å². The number of nitrogens with one attached hydrogen (secondary N) is 1. The van der Waals surface area contributed by atoms with E-state index in [2.05, 4.69) is 5.32 Å². The summed E-state index contributed by atoms with van der Waals surface area (Å²) in [6, 6.07) is 0. The second-order valence-corrected chi connectivity index (χ2v) is 3.54. The third-order valence-corrected chi connectivity index (χ3v) is 2.47. The molecule has 1 saturated carbocycles. The zero-order valence-electron chi connectivity index (χ0n) is 7.25. The number of carboxylic acids is 2. The Bertz CT molecular complexity index is 202. The maximum absolute atomic E-state index is 9.10. The van der Waals surface area contributed by atoms with Gasteiger partial charge in [-0.3, -0.25) is 0 Å². The van der Waals surface area contributed by atoms with Crippen LogP contribution in [-0.4, -0.2) is 35.2 Å². The van der Waals surface area contributed by atoms with E-state index in [0.717, 1.165) is 5.41 Å². The van der Waals surface area contributed by atoms with Crippen LogP contribution in [0, 0.1) is 5.41 Å². The second kappa shape index (κ2) is 3.74. The van der Waals surface area contributed by atoms with Gasteiger partial charge in [-0.05, 0) is 31.2 Å². The van der Waals surface area contributed by atoms with Gasteiger partial charge in [0, 0.05) is 6.54 Å². The van der Waals surface area contributed by atoms with E-state index in [1.165, 1.54) is 32.4 Å². The summed E-state index contributed by atoms with van der Waals surface area (Å²) in [4.78, 5) is 18.2. The van der Waals surface area contributed by atoms with Crippen molar-refractivity contribution in [2.24, 2.45) is 5.41 Å². The van der Waals surface area contributed by atoms with Crippen molar-refractivity contribution in [2.45, 2.75) is 19.3 Å². The molecule has 0 unspecified atom stereocenters. The van der Waals surface area contributed by atoms with Crippen LogP contribution in [0.15, 0.2) is 0 Å². The molecule has 1 saturated heterocycles. The Hall–Kier alpha value is -1.10. The molecule has 0 aromatic heterocycles. The zero-order chi connectivity index (χ0) is 9.90. The van der Waals surface area contributed by atoms with Crippen LogP contribution in [0.25, 0.3) is 0 Å². The lowest BCUT2D eigenvalue weighted by molar-refractivity contribution is -0.159. The fourth-order valence-electron chi connectivity index (χ4n) is 1.40. The summed E-state index contributed by atoms with van der Waals surface area (Å²) in [6.45, 7) is 2.59. The highest BCUT2D eigenvalue weighted by Crippen LogP contribution is 2.49. The summed E-state index contributed by atoms with van der Waals surface area (Å²) < 4.78 is 0. The van der Waals surface area contributed by atoms with Crippen LogP contribution in [-0.2, 0) is 9.59 Å². The third kappa shape index (κ3) is 3.02. The van der Waals surface area contributed by atoms with Gasteiger partial charge in [-0.2, -0.15) is 0 Å². The van der Waals surface area contributed by atoms with Crippen LogP contribution in [0.4, 0.5) is 0 Å². The number of hydrogen-bond acceptors (Lipinski definition) is 3. The first-order valence-corrected chi connectivity index (χ1v) is 4.23. The molecule has 2 aliphatic rings. The van der Waals surface area contributed by atoms with Crippen LogP contribution in [0.5, 0.6) is 0 Å². The minimum absolute atomic E-state index is 0.833. The molecule has 0 amide bonds. The molecule has 2 fully saturated rings. The number of rotatable bonds is 0. The van der Waals surface area contributed by atoms with Crippen molar-refractivity contribution < 1.29 is 19.8 Å². The van der Waals surface area contributed by atoms with Crippen molar-refractivity contribution in [1.29, 1.82) is 0 Å². The van der Waals surface area contributed by atoms with E-state index in [1.54, 1.807) is 0 Å². The van der Waals surface area contributed by atoms with Gasteiger partial charge in [0.1, 0.15) is 0 Å². The van der Waals surface area contributed by atoms with E-state index in [1.807, 2.05) is 0 Å².